The Morgan fingerprint density at radius 2 is 2.11 bits per heavy atom. The number of rotatable bonds is 3. The van der Waals surface area contributed by atoms with Crippen LogP contribution in [0.4, 0.5) is 0 Å². The Morgan fingerprint density at radius 3 is 2.68 bits per heavy atom. The molecule has 0 bridgehead atoms. The Balaban J connectivity index is 0.00000180. The summed E-state index contributed by atoms with van der Waals surface area (Å²) in [5, 5.41) is 2.81. The fourth-order valence-electron chi connectivity index (χ4n) is 2.12. The van der Waals surface area contributed by atoms with Gasteiger partial charge in [-0.2, -0.15) is 0 Å². The van der Waals surface area contributed by atoms with Crippen LogP contribution in [0.5, 0.6) is 0 Å². The van der Waals surface area contributed by atoms with E-state index in [1.807, 2.05) is 10.3 Å². The molecular formula is C13H22ClN3OS. The Hall–Kier alpha value is -0.650. The van der Waals surface area contributed by atoms with Crippen molar-refractivity contribution in [1.82, 2.24) is 9.88 Å². The van der Waals surface area contributed by atoms with Crippen LogP contribution in [0.25, 0.3) is 0 Å². The largest absolute Gasteiger partial charge is 0.337 e. The summed E-state index contributed by atoms with van der Waals surface area (Å²) in [5.74, 6) is 0.0741. The molecule has 0 atom stereocenters. The minimum Gasteiger partial charge on any atom is -0.337 e. The molecule has 1 aliphatic rings. The zero-order chi connectivity index (χ0) is 13.2. The van der Waals surface area contributed by atoms with Gasteiger partial charge in [0, 0.05) is 24.9 Å². The molecule has 1 saturated heterocycles. The van der Waals surface area contributed by atoms with Crippen molar-refractivity contribution in [3.05, 3.63) is 16.1 Å². The fraction of sp³-hybridized carbons (Fsp3) is 0.692. The van der Waals surface area contributed by atoms with Gasteiger partial charge in [-0.3, -0.25) is 4.79 Å². The van der Waals surface area contributed by atoms with Crippen LogP contribution in [-0.2, 0) is 6.42 Å². The monoisotopic (exact) mass is 303 g/mol. The zero-order valence-electron chi connectivity index (χ0n) is 11.5. The van der Waals surface area contributed by atoms with Gasteiger partial charge in [0.15, 0.2) is 0 Å². The highest BCUT2D eigenvalue weighted by atomic mass is 35.5. The summed E-state index contributed by atoms with van der Waals surface area (Å²) in [7, 11) is 0. The minimum atomic E-state index is 0. The highest BCUT2D eigenvalue weighted by Gasteiger charge is 2.29. The van der Waals surface area contributed by atoms with Crippen molar-refractivity contribution in [2.75, 3.05) is 19.6 Å². The first kappa shape index (κ1) is 16.4. The molecule has 2 heterocycles. The van der Waals surface area contributed by atoms with E-state index < -0.39 is 0 Å². The lowest BCUT2D eigenvalue weighted by atomic mass is 9.82. The quantitative estimate of drug-likeness (QED) is 0.932. The highest BCUT2D eigenvalue weighted by molar-refractivity contribution is 7.09. The Kier molecular flexibility index (Phi) is 5.77. The first-order chi connectivity index (χ1) is 8.52. The molecule has 0 aliphatic carbocycles. The van der Waals surface area contributed by atoms with Crippen molar-refractivity contribution < 1.29 is 4.79 Å². The lowest BCUT2D eigenvalue weighted by Crippen LogP contribution is -2.41. The van der Waals surface area contributed by atoms with E-state index in [1.54, 1.807) is 0 Å². The molecule has 0 aromatic carbocycles. The molecule has 1 aromatic heterocycles. The molecule has 108 valence electrons. The van der Waals surface area contributed by atoms with Crippen LogP contribution in [0.1, 0.15) is 42.2 Å². The van der Waals surface area contributed by atoms with E-state index >= 15 is 0 Å². The van der Waals surface area contributed by atoms with Crippen molar-refractivity contribution in [1.29, 1.82) is 0 Å². The number of likely N-dealkylation sites (tertiary alicyclic amines) is 1. The third-order valence-corrected chi connectivity index (χ3v) is 4.44. The number of carbonyl (C=O) groups is 1. The minimum absolute atomic E-state index is 0. The molecule has 2 rings (SSSR count). The van der Waals surface area contributed by atoms with Gasteiger partial charge < -0.3 is 10.6 Å². The number of hydrogen-bond acceptors (Lipinski definition) is 4. The first-order valence-electron chi connectivity index (χ1n) is 6.45. The lowest BCUT2D eigenvalue weighted by Gasteiger charge is -2.36. The second kappa shape index (κ2) is 6.68. The molecule has 0 unspecified atom stereocenters. The number of piperidine rings is 1. The second-order valence-corrected chi connectivity index (χ2v) is 6.56. The fourth-order valence-corrected chi connectivity index (χ4v) is 2.91. The molecule has 0 radical (unpaired) electrons. The molecule has 0 saturated carbocycles. The van der Waals surface area contributed by atoms with E-state index in [-0.39, 0.29) is 18.3 Å². The van der Waals surface area contributed by atoms with Gasteiger partial charge in [-0.05, 0) is 24.8 Å². The number of aromatic nitrogens is 1. The summed E-state index contributed by atoms with van der Waals surface area (Å²) in [6.07, 6.45) is 2.89. The van der Waals surface area contributed by atoms with Gasteiger partial charge in [0.25, 0.3) is 5.91 Å². The van der Waals surface area contributed by atoms with Crippen LogP contribution in [0.15, 0.2) is 5.38 Å². The first-order valence-corrected chi connectivity index (χ1v) is 7.33. The summed E-state index contributed by atoms with van der Waals surface area (Å²) in [4.78, 5) is 18.5. The maximum atomic E-state index is 12.3. The highest BCUT2D eigenvalue weighted by Crippen LogP contribution is 2.30. The predicted octanol–water partition coefficient (Wildman–Crippen LogP) is 2.33. The van der Waals surface area contributed by atoms with Crippen LogP contribution >= 0.6 is 23.7 Å². The Morgan fingerprint density at radius 1 is 1.47 bits per heavy atom. The van der Waals surface area contributed by atoms with E-state index in [0.29, 0.717) is 17.7 Å². The summed E-state index contributed by atoms with van der Waals surface area (Å²) in [5.41, 5.74) is 6.44. The molecule has 1 aromatic rings. The predicted molar refractivity (Wildman–Crippen MR) is 81.0 cm³/mol. The topological polar surface area (TPSA) is 59.2 Å². The number of hydrogen-bond donors (Lipinski definition) is 1. The average molecular weight is 304 g/mol. The third kappa shape index (κ3) is 4.16. The molecule has 1 amide bonds. The molecule has 0 spiro atoms. The number of halogens is 1. The molecule has 6 heteroatoms. The number of amides is 1. The average Bonchev–Trinajstić information content (AvgIpc) is 2.77. The molecule has 2 N–H and O–H groups in total. The molecule has 1 aliphatic heterocycles. The summed E-state index contributed by atoms with van der Waals surface area (Å²) in [6.45, 7) is 6.79. The van der Waals surface area contributed by atoms with Gasteiger partial charge in [-0.25, -0.2) is 4.98 Å². The van der Waals surface area contributed by atoms with Crippen LogP contribution in [-0.4, -0.2) is 35.4 Å². The third-order valence-electron chi connectivity index (χ3n) is 3.53. The lowest BCUT2D eigenvalue weighted by molar-refractivity contribution is 0.0625. The standard InChI is InChI=1S/C13H21N3OS.ClH/c1-13(2)4-7-16(8-5-13)12(17)10-9-18-11(15-10)3-6-14;/h9H,3-8,14H2,1-2H3;1H. The normalized spacial score (nSPS) is 17.9. The second-order valence-electron chi connectivity index (χ2n) is 5.62. The van der Waals surface area contributed by atoms with E-state index in [2.05, 4.69) is 18.8 Å². The Bertz CT molecular complexity index is 423. The van der Waals surface area contributed by atoms with Crippen molar-refractivity contribution in [2.24, 2.45) is 11.1 Å². The van der Waals surface area contributed by atoms with Crippen LogP contribution < -0.4 is 5.73 Å². The SMILES string of the molecule is CC1(C)CCN(C(=O)c2csc(CCN)n2)CC1.Cl. The molecule has 19 heavy (non-hydrogen) atoms. The molecule has 1 fully saturated rings. The van der Waals surface area contributed by atoms with Gasteiger partial charge in [0.1, 0.15) is 5.69 Å². The van der Waals surface area contributed by atoms with Crippen molar-refractivity contribution in [2.45, 2.75) is 33.1 Å². The van der Waals surface area contributed by atoms with Crippen molar-refractivity contribution in [3.63, 3.8) is 0 Å². The number of nitrogens with zero attached hydrogens (tertiary/aromatic N) is 2. The van der Waals surface area contributed by atoms with Crippen LogP contribution in [0.2, 0.25) is 0 Å². The zero-order valence-corrected chi connectivity index (χ0v) is 13.1. The van der Waals surface area contributed by atoms with Crippen LogP contribution in [0.3, 0.4) is 0 Å². The van der Waals surface area contributed by atoms with Gasteiger partial charge in [0.05, 0.1) is 5.01 Å². The Labute approximate surface area is 124 Å². The number of carbonyl (C=O) groups excluding carboxylic acids is 1. The van der Waals surface area contributed by atoms with Gasteiger partial charge in [0.2, 0.25) is 0 Å². The molecule has 4 nitrogen and oxygen atoms in total. The molecular weight excluding hydrogens is 282 g/mol. The number of nitrogens with two attached hydrogens (primary N) is 1. The van der Waals surface area contributed by atoms with Gasteiger partial charge >= 0.3 is 0 Å². The van der Waals surface area contributed by atoms with E-state index in [1.165, 1.54) is 11.3 Å². The smallest absolute Gasteiger partial charge is 0.273 e. The van der Waals surface area contributed by atoms with E-state index in [0.717, 1.165) is 37.4 Å². The van der Waals surface area contributed by atoms with Gasteiger partial charge in [-0.15, -0.1) is 23.7 Å². The van der Waals surface area contributed by atoms with Crippen molar-refractivity contribution >= 4 is 29.7 Å². The van der Waals surface area contributed by atoms with Crippen LogP contribution in [0, 0.1) is 5.41 Å². The van der Waals surface area contributed by atoms with E-state index in [4.69, 9.17) is 5.73 Å². The van der Waals surface area contributed by atoms with Gasteiger partial charge in [-0.1, -0.05) is 13.8 Å². The summed E-state index contributed by atoms with van der Waals surface area (Å²) in [6, 6.07) is 0. The summed E-state index contributed by atoms with van der Waals surface area (Å²) < 4.78 is 0. The summed E-state index contributed by atoms with van der Waals surface area (Å²) >= 11 is 1.53. The maximum absolute atomic E-state index is 12.3. The number of thiazole rings is 1. The van der Waals surface area contributed by atoms with Crippen molar-refractivity contribution in [3.8, 4) is 0 Å². The van der Waals surface area contributed by atoms with E-state index in [9.17, 15) is 4.79 Å². The maximum Gasteiger partial charge on any atom is 0.273 e.